The van der Waals surface area contributed by atoms with Gasteiger partial charge in [0.15, 0.2) is 49.2 Å². The van der Waals surface area contributed by atoms with Crippen LogP contribution in [0, 0.1) is 45.3 Å². The molecule has 2 saturated heterocycles. The van der Waals surface area contributed by atoms with Crippen molar-refractivity contribution in [3.05, 3.63) is 11.6 Å². The zero-order valence-corrected chi connectivity index (χ0v) is 49.1. The maximum Gasteiger partial charge on any atom is 0.303 e. The maximum atomic E-state index is 15.6. The van der Waals surface area contributed by atoms with Crippen LogP contribution in [0.15, 0.2) is 11.6 Å². The Kier molecular flexibility index (Phi) is 19.7. The number of carbonyl (C=O) groups excluding carboxylic acids is 9. The SMILES string of the molecule is CC(=O)OC[C@H]1O[C@@H](O[C@H]2CC[C@]3(C)[C@H]4CC(=O)[C@@H]5[C@@H]([C@](C)(CCC=C(C)C)O[C@@H]6O[C@H](COC(C)=O)[C@@H](OC(C)=O)[C@H](OC(C)=O)[C@H]6OC(C)=O)CC[C@@]5(C)[C@]4(C)CC[C@H]3C2(C)C)[C@H](OC(C)=O)[C@@H](OC(C)=O)[C@@H]1OC(C)=O. The highest BCUT2D eigenvalue weighted by Crippen LogP contribution is 2.75. The van der Waals surface area contributed by atoms with Gasteiger partial charge >= 0.3 is 47.8 Å². The van der Waals surface area contributed by atoms with Crippen LogP contribution >= 0.6 is 0 Å². The van der Waals surface area contributed by atoms with E-state index in [-0.39, 0.29) is 34.4 Å². The predicted molar refractivity (Wildman–Crippen MR) is 276 cm³/mol. The second-order valence-electron chi connectivity index (χ2n) is 24.6. The summed E-state index contributed by atoms with van der Waals surface area (Å²) >= 11 is 0. The molecule has 21 heteroatoms. The van der Waals surface area contributed by atoms with Gasteiger partial charge in [-0.3, -0.25) is 43.2 Å². The Morgan fingerprint density at radius 2 is 0.987 bits per heavy atom. The number of hydrogen-bond acceptors (Lipinski definition) is 21. The van der Waals surface area contributed by atoms with Crippen LogP contribution in [0.2, 0.25) is 0 Å². The molecule has 444 valence electrons. The van der Waals surface area contributed by atoms with E-state index in [0.717, 1.165) is 39.2 Å². The summed E-state index contributed by atoms with van der Waals surface area (Å²) in [6, 6.07) is 0. The minimum atomic E-state index is -1.45. The average molecular weight is 1120 g/mol. The van der Waals surface area contributed by atoms with Crippen LogP contribution < -0.4 is 0 Å². The van der Waals surface area contributed by atoms with Crippen molar-refractivity contribution in [3.63, 3.8) is 0 Å². The van der Waals surface area contributed by atoms with E-state index in [1.165, 1.54) is 34.6 Å². The van der Waals surface area contributed by atoms with Gasteiger partial charge in [0.05, 0.1) is 11.7 Å². The lowest BCUT2D eigenvalue weighted by molar-refractivity contribution is -0.337. The zero-order chi connectivity index (χ0) is 58.9. The highest BCUT2D eigenvalue weighted by atomic mass is 16.8. The monoisotopic (exact) mass is 1120 g/mol. The molecule has 79 heavy (non-hydrogen) atoms. The Morgan fingerprint density at radius 1 is 0.544 bits per heavy atom. The van der Waals surface area contributed by atoms with Crippen molar-refractivity contribution in [2.24, 2.45) is 45.3 Å². The maximum absolute atomic E-state index is 15.6. The summed E-state index contributed by atoms with van der Waals surface area (Å²) in [6.07, 6.45) is -6.77. The molecule has 2 heterocycles. The van der Waals surface area contributed by atoms with Crippen molar-refractivity contribution >= 4 is 53.5 Å². The quantitative estimate of drug-likeness (QED) is 0.0583. The van der Waals surface area contributed by atoms with Gasteiger partial charge in [-0.25, -0.2) is 0 Å². The summed E-state index contributed by atoms with van der Waals surface area (Å²) in [5.41, 5.74) is -1.93. The predicted octanol–water partition coefficient (Wildman–Crippen LogP) is 6.92. The van der Waals surface area contributed by atoms with Crippen LogP contribution in [-0.4, -0.2) is 140 Å². The number of rotatable bonds is 18. The average Bonchev–Trinajstić information content (AvgIpc) is 3.93. The summed E-state index contributed by atoms with van der Waals surface area (Å²) in [5, 5.41) is 0. The largest absolute Gasteiger partial charge is 0.463 e. The lowest BCUT2D eigenvalue weighted by Gasteiger charge is -2.69. The van der Waals surface area contributed by atoms with Crippen LogP contribution in [0.1, 0.15) is 169 Å². The van der Waals surface area contributed by atoms with Gasteiger partial charge in [-0.15, -0.1) is 0 Å². The molecule has 0 N–H and O–H groups in total. The van der Waals surface area contributed by atoms with E-state index in [1.807, 2.05) is 20.8 Å². The molecule has 0 bridgehead atoms. The summed E-state index contributed by atoms with van der Waals surface area (Å²) in [6.45, 7) is 25.7. The molecular formula is C58H86O21. The molecule has 0 aromatic heterocycles. The van der Waals surface area contributed by atoms with Gasteiger partial charge in [-0.2, -0.15) is 0 Å². The molecule has 0 amide bonds. The van der Waals surface area contributed by atoms with Crippen molar-refractivity contribution in [2.45, 2.75) is 242 Å². The first kappa shape index (κ1) is 63.2. The number of hydrogen-bond donors (Lipinski definition) is 0. The van der Waals surface area contributed by atoms with Crippen LogP contribution in [0.3, 0.4) is 0 Å². The molecule has 0 aromatic rings. The van der Waals surface area contributed by atoms with Gasteiger partial charge in [0.1, 0.15) is 31.2 Å². The van der Waals surface area contributed by atoms with E-state index >= 15 is 4.79 Å². The lowest BCUT2D eigenvalue weighted by Crippen LogP contribution is -2.67. The molecule has 6 aliphatic rings. The van der Waals surface area contributed by atoms with Crippen LogP contribution in [0.25, 0.3) is 0 Å². The third-order valence-electron chi connectivity index (χ3n) is 18.7. The molecule has 6 fully saturated rings. The molecule has 0 unspecified atom stereocenters. The number of esters is 8. The highest BCUT2D eigenvalue weighted by Gasteiger charge is 2.72. The molecule has 21 nitrogen and oxygen atoms in total. The van der Waals surface area contributed by atoms with E-state index in [1.54, 1.807) is 0 Å². The van der Waals surface area contributed by atoms with Gasteiger partial charge in [-0.1, -0.05) is 46.3 Å². The first-order valence-corrected chi connectivity index (χ1v) is 27.8. The van der Waals surface area contributed by atoms with E-state index in [2.05, 4.69) is 40.7 Å². The molecule has 2 aliphatic heterocycles. The standard InChI is InChI=1S/C58H86O21/c1-29(2)18-17-22-58(16,79-53-51(75-37(10)66)49(73-35(8)64)47(71-33(6)62)41(77-53)28-69-31(4)60)38-19-24-57(15)45(38)39(67)26-43-55(13)23-21-44(54(11,12)42(55)20-25-56(43,57)14)78-52-50(74-36(9)65)48(72-34(7)63)46(70-32(5)61)40(76-52)27-68-30(3)59/h18,38,40-53H,17,19-28H2,1-16H3/t38-,40+,41+,42-,43+,44-,45-,46+,47+,48-,49-,50+,51+,52-,53-,55-,56+,57+,58-/m0/s1. The Balaban J connectivity index is 1.33. The normalized spacial score (nSPS) is 38.1. The third kappa shape index (κ3) is 13.4. The molecule has 0 aromatic carbocycles. The second-order valence-corrected chi connectivity index (χ2v) is 24.6. The number of allylic oxidation sites excluding steroid dienone is 2. The molecule has 0 spiro atoms. The fraction of sp³-hybridized carbons (Fsp3) is 0.810. The Morgan fingerprint density at radius 3 is 1.46 bits per heavy atom. The fourth-order valence-corrected chi connectivity index (χ4v) is 15.3. The summed E-state index contributed by atoms with van der Waals surface area (Å²) in [5.74, 6) is -6.59. The topological polar surface area (TPSA) is 264 Å². The van der Waals surface area contributed by atoms with Crippen molar-refractivity contribution in [2.75, 3.05) is 13.2 Å². The number of ether oxygens (including phenoxy) is 12. The number of carbonyl (C=O) groups is 9. The lowest BCUT2D eigenvalue weighted by atomic mass is 9.35. The molecule has 6 rings (SSSR count). The Bertz CT molecular complexity index is 2360. The number of Topliss-reactive ketones (excluding diaryl/α,β-unsaturated/α-hetero) is 1. The highest BCUT2D eigenvalue weighted by molar-refractivity contribution is 5.84. The van der Waals surface area contributed by atoms with Gasteiger partial charge in [0.25, 0.3) is 0 Å². The molecule has 4 aliphatic carbocycles. The first-order valence-electron chi connectivity index (χ1n) is 27.8. The molecule has 19 atom stereocenters. The van der Waals surface area contributed by atoms with Crippen LogP contribution in [0.4, 0.5) is 0 Å². The van der Waals surface area contributed by atoms with Crippen LogP contribution in [-0.2, 0) is 100.0 Å². The minimum absolute atomic E-state index is 0.00729. The van der Waals surface area contributed by atoms with Gasteiger partial charge < -0.3 is 56.8 Å². The summed E-state index contributed by atoms with van der Waals surface area (Å²) in [7, 11) is 0. The second kappa shape index (κ2) is 24.6. The number of fused-ring (bicyclic) bond motifs is 5. The molecular weight excluding hydrogens is 1030 g/mol. The van der Waals surface area contributed by atoms with E-state index in [4.69, 9.17) is 56.8 Å². The van der Waals surface area contributed by atoms with Crippen LogP contribution in [0.5, 0.6) is 0 Å². The third-order valence-corrected chi connectivity index (χ3v) is 18.7. The van der Waals surface area contributed by atoms with Gasteiger partial charge in [0, 0.05) is 67.7 Å². The summed E-state index contributed by atoms with van der Waals surface area (Å²) < 4.78 is 72.2. The fourth-order valence-electron chi connectivity index (χ4n) is 15.3. The summed E-state index contributed by atoms with van der Waals surface area (Å²) in [4.78, 5) is 116. The Hall–Kier alpha value is -4.99. The van der Waals surface area contributed by atoms with Gasteiger partial charge in [-0.05, 0) is 112 Å². The Labute approximate surface area is 464 Å². The number of ketones is 1. The zero-order valence-electron chi connectivity index (χ0n) is 49.1. The van der Waals surface area contributed by atoms with E-state index < -0.39 is 151 Å². The molecule has 4 saturated carbocycles. The van der Waals surface area contributed by atoms with Crippen molar-refractivity contribution in [1.29, 1.82) is 0 Å². The van der Waals surface area contributed by atoms with E-state index in [0.29, 0.717) is 44.9 Å². The van der Waals surface area contributed by atoms with Gasteiger partial charge in [0.2, 0.25) is 0 Å². The van der Waals surface area contributed by atoms with Crippen molar-refractivity contribution < 1.29 is 100.0 Å². The van der Waals surface area contributed by atoms with E-state index in [9.17, 15) is 38.4 Å². The minimum Gasteiger partial charge on any atom is -0.463 e. The van der Waals surface area contributed by atoms with Crippen molar-refractivity contribution in [1.82, 2.24) is 0 Å². The van der Waals surface area contributed by atoms with Crippen molar-refractivity contribution in [3.8, 4) is 0 Å². The molecule has 0 radical (unpaired) electrons. The first-order chi connectivity index (χ1) is 36.7. The smallest absolute Gasteiger partial charge is 0.303 e.